The van der Waals surface area contributed by atoms with Crippen molar-refractivity contribution in [2.75, 3.05) is 19.7 Å². The van der Waals surface area contributed by atoms with Gasteiger partial charge in [0.25, 0.3) is 0 Å². The zero-order valence-electron chi connectivity index (χ0n) is 11.4. The molecule has 0 saturated heterocycles. The Balaban J connectivity index is 2.53. The van der Waals surface area contributed by atoms with Crippen molar-refractivity contribution >= 4 is 5.91 Å². The van der Waals surface area contributed by atoms with Gasteiger partial charge < -0.3 is 5.11 Å². The van der Waals surface area contributed by atoms with Crippen molar-refractivity contribution in [3.05, 3.63) is 35.4 Å². The molecule has 19 heavy (non-hydrogen) atoms. The minimum atomic E-state index is -0.189. The summed E-state index contributed by atoms with van der Waals surface area (Å²) in [6, 6.07) is 7.95. The van der Waals surface area contributed by atoms with Crippen molar-refractivity contribution < 1.29 is 9.90 Å². The predicted molar refractivity (Wildman–Crippen MR) is 75.1 cm³/mol. The van der Waals surface area contributed by atoms with Crippen LogP contribution in [0.3, 0.4) is 0 Å². The number of hydrazine groups is 1. The lowest BCUT2D eigenvalue weighted by atomic mass is 10.1. The van der Waals surface area contributed by atoms with Crippen molar-refractivity contribution in [3.63, 3.8) is 0 Å². The highest BCUT2D eigenvalue weighted by Gasteiger charge is 2.05. The molecular formula is C14H23N3O2. The van der Waals surface area contributed by atoms with Crippen molar-refractivity contribution in [1.82, 2.24) is 10.3 Å². The number of nitrogens with one attached hydrogen (secondary N) is 1. The number of aliphatic hydroxyl groups is 1. The van der Waals surface area contributed by atoms with E-state index in [0.29, 0.717) is 6.42 Å². The first-order valence-corrected chi connectivity index (χ1v) is 6.60. The number of amides is 1. The van der Waals surface area contributed by atoms with Crippen LogP contribution in [-0.4, -0.2) is 35.6 Å². The lowest BCUT2D eigenvalue weighted by Gasteiger charge is -2.20. The minimum absolute atomic E-state index is 0.189. The van der Waals surface area contributed by atoms with E-state index in [0.717, 1.165) is 31.6 Å². The van der Waals surface area contributed by atoms with Gasteiger partial charge in [-0.05, 0) is 24.1 Å². The number of aliphatic hydroxyl groups excluding tert-OH is 1. The number of nitrogens with zero attached hydrogens (tertiary/aromatic N) is 1. The minimum Gasteiger partial charge on any atom is -0.396 e. The van der Waals surface area contributed by atoms with Gasteiger partial charge >= 0.3 is 0 Å². The van der Waals surface area contributed by atoms with Crippen molar-refractivity contribution in [1.29, 1.82) is 0 Å². The Bertz CT molecular complexity index is 379. The van der Waals surface area contributed by atoms with Gasteiger partial charge in [0.15, 0.2) is 0 Å². The Morgan fingerprint density at radius 2 is 1.95 bits per heavy atom. The molecule has 0 saturated carbocycles. The Labute approximate surface area is 114 Å². The summed E-state index contributed by atoms with van der Waals surface area (Å²) in [6.45, 7) is 5.04. The Hall–Kier alpha value is -1.43. The lowest BCUT2D eigenvalue weighted by Crippen LogP contribution is -2.31. The second-order valence-electron chi connectivity index (χ2n) is 4.51. The molecule has 0 aliphatic carbocycles. The van der Waals surface area contributed by atoms with Gasteiger partial charge in [0, 0.05) is 19.7 Å². The van der Waals surface area contributed by atoms with Crippen molar-refractivity contribution in [2.45, 2.75) is 26.3 Å². The number of carbonyl (C=O) groups is 1. The van der Waals surface area contributed by atoms with Gasteiger partial charge in [-0.1, -0.05) is 31.2 Å². The topological polar surface area (TPSA) is 78.6 Å². The van der Waals surface area contributed by atoms with E-state index in [1.165, 1.54) is 5.56 Å². The maximum absolute atomic E-state index is 11.1. The summed E-state index contributed by atoms with van der Waals surface area (Å²) in [7, 11) is 0. The van der Waals surface area contributed by atoms with E-state index < -0.39 is 0 Å². The highest BCUT2D eigenvalue weighted by molar-refractivity contribution is 5.77. The summed E-state index contributed by atoms with van der Waals surface area (Å²) in [5.74, 6) is 4.86. The van der Waals surface area contributed by atoms with E-state index in [-0.39, 0.29) is 12.5 Å². The summed E-state index contributed by atoms with van der Waals surface area (Å²) in [6.07, 6.45) is 1.10. The first-order chi connectivity index (χ1) is 9.19. The average molecular weight is 265 g/mol. The number of nitrogens with two attached hydrogens (primary N) is 1. The molecule has 1 aromatic carbocycles. The van der Waals surface area contributed by atoms with Crippen LogP contribution in [0.5, 0.6) is 0 Å². The largest absolute Gasteiger partial charge is 0.396 e. The van der Waals surface area contributed by atoms with Crippen LogP contribution in [-0.2, 0) is 17.8 Å². The molecule has 0 bridgehead atoms. The van der Waals surface area contributed by atoms with Crippen LogP contribution in [0.15, 0.2) is 24.3 Å². The molecule has 0 aromatic heterocycles. The normalized spacial score (nSPS) is 10.7. The number of hydrogen-bond acceptors (Lipinski definition) is 4. The smallest absolute Gasteiger partial charge is 0.238 e. The monoisotopic (exact) mass is 265 g/mol. The fourth-order valence-electron chi connectivity index (χ4n) is 1.90. The number of carbonyl (C=O) groups excluding carboxylic acids is 1. The van der Waals surface area contributed by atoms with Crippen LogP contribution in [0.1, 0.15) is 24.5 Å². The molecular weight excluding hydrogens is 242 g/mol. The van der Waals surface area contributed by atoms with Gasteiger partial charge in [-0.25, -0.2) is 5.84 Å². The number of benzene rings is 1. The fraction of sp³-hybridized carbons (Fsp3) is 0.500. The third-order valence-electron chi connectivity index (χ3n) is 3.03. The van der Waals surface area contributed by atoms with Gasteiger partial charge in [-0.3, -0.25) is 15.1 Å². The molecule has 0 aliphatic heterocycles. The second-order valence-corrected chi connectivity index (χ2v) is 4.51. The van der Waals surface area contributed by atoms with Crippen LogP contribution in [0, 0.1) is 0 Å². The Morgan fingerprint density at radius 1 is 1.32 bits per heavy atom. The third-order valence-corrected chi connectivity index (χ3v) is 3.03. The summed E-state index contributed by atoms with van der Waals surface area (Å²) in [5.41, 5.74) is 4.28. The molecule has 106 valence electrons. The van der Waals surface area contributed by atoms with E-state index in [1.807, 2.05) is 24.3 Å². The maximum atomic E-state index is 11.1. The van der Waals surface area contributed by atoms with Gasteiger partial charge in [-0.2, -0.15) is 0 Å². The van der Waals surface area contributed by atoms with E-state index >= 15 is 0 Å². The Kier molecular flexibility index (Phi) is 7.10. The SMILES string of the molecule is CCN(CCCO)Cc1ccc(CC(=O)NN)cc1. The van der Waals surface area contributed by atoms with E-state index in [1.54, 1.807) is 0 Å². The predicted octanol–water partition coefficient (Wildman–Crippen LogP) is 0.423. The summed E-state index contributed by atoms with van der Waals surface area (Å²) < 4.78 is 0. The van der Waals surface area contributed by atoms with Crippen LogP contribution in [0.2, 0.25) is 0 Å². The molecule has 0 radical (unpaired) electrons. The molecule has 1 amide bonds. The molecule has 5 nitrogen and oxygen atoms in total. The Morgan fingerprint density at radius 3 is 2.47 bits per heavy atom. The quantitative estimate of drug-likeness (QED) is 0.362. The van der Waals surface area contributed by atoms with Gasteiger partial charge in [0.1, 0.15) is 0 Å². The van der Waals surface area contributed by atoms with E-state index in [2.05, 4.69) is 17.2 Å². The molecule has 5 heteroatoms. The summed E-state index contributed by atoms with van der Waals surface area (Å²) >= 11 is 0. The zero-order chi connectivity index (χ0) is 14.1. The molecule has 4 N–H and O–H groups in total. The third kappa shape index (κ3) is 5.83. The molecule has 0 spiro atoms. The first-order valence-electron chi connectivity index (χ1n) is 6.60. The van der Waals surface area contributed by atoms with E-state index in [4.69, 9.17) is 10.9 Å². The van der Waals surface area contributed by atoms with Gasteiger partial charge in [-0.15, -0.1) is 0 Å². The molecule has 0 aliphatic rings. The van der Waals surface area contributed by atoms with Gasteiger partial charge in [0.2, 0.25) is 5.91 Å². The molecule has 0 unspecified atom stereocenters. The zero-order valence-corrected chi connectivity index (χ0v) is 11.4. The highest BCUT2D eigenvalue weighted by atomic mass is 16.3. The van der Waals surface area contributed by atoms with Crippen molar-refractivity contribution in [3.8, 4) is 0 Å². The van der Waals surface area contributed by atoms with E-state index in [9.17, 15) is 4.79 Å². The standard InChI is InChI=1S/C14H23N3O2/c1-2-17(8-3-9-18)11-13-6-4-12(5-7-13)10-14(19)16-15/h4-7,18H,2-3,8-11,15H2,1H3,(H,16,19). The average Bonchev–Trinajstić information content (AvgIpc) is 2.45. The fourth-order valence-corrected chi connectivity index (χ4v) is 1.90. The number of hydrogen-bond donors (Lipinski definition) is 3. The second kappa shape index (κ2) is 8.63. The summed E-state index contributed by atoms with van der Waals surface area (Å²) in [4.78, 5) is 13.4. The highest BCUT2D eigenvalue weighted by Crippen LogP contribution is 2.08. The molecule has 0 atom stereocenters. The molecule has 1 aromatic rings. The van der Waals surface area contributed by atoms with Gasteiger partial charge in [0.05, 0.1) is 6.42 Å². The van der Waals surface area contributed by atoms with Crippen LogP contribution < -0.4 is 11.3 Å². The maximum Gasteiger partial charge on any atom is 0.238 e. The molecule has 0 heterocycles. The van der Waals surface area contributed by atoms with Crippen molar-refractivity contribution in [2.24, 2.45) is 5.84 Å². The van der Waals surface area contributed by atoms with Crippen LogP contribution in [0.4, 0.5) is 0 Å². The van der Waals surface area contributed by atoms with Crippen LogP contribution >= 0.6 is 0 Å². The first kappa shape index (κ1) is 15.6. The lowest BCUT2D eigenvalue weighted by molar-refractivity contribution is -0.120. The summed E-state index contributed by atoms with van der Waals surface area (Å²) in [5, 5.41) is 8.85. The van der Waals surface area contributed by atoms with Crippen LogP contribution in [0.25, 0.3) is 0 Å². The molecule has 0 fully saturated rings. The molecule has 1 rings (SSSR count). The number of rotatable bonds is 8.